The molecule has 144 valence electrons. The number of nitrogens with zero attached hydrogens (tertiary/aromatic N) is 3. The Morgan fingerprint density at radius 1 is 0.929 bits per heavy atom. The van der Waals surface area contributed by atoms with Crippen molar-refractivity contribution in [2.24, 2.45) is 0 Å². The van der Waals surface area contributed by atoms with Crippen molar-refractivity contribution in [1.82, 2.24) is 19.2 Å². The molecule has 0 spiro atoms. The first kappa shape index (κ1) is 18.3. The lowest BCUT2D eigenvalue weighted by atomic mass is 10.2. The van der Waals surface area contributed by atoms with Gasteiger partial charge in [0.05, 0.1) is 15.8 Å². The van der Waals surface area contributed by atoms with E-state index in [2.05, 4.69) is 9.97 Å². The maximum atomic E-state index is 12.7. The van der Waals surface area contributed by atoms with Gasteiger partial charge in [0, 0.05) is 26.2 Å². The highest BCUT2D eigenvalue weighted by Gasteiger charge is 2.31. The molecule has 4 rings (SSSR count). The molecule has 0 bridgehead atoms. The highest BCUT2D eigenvalue weighted by atomic mass is 32.2. The van der Waals surface area contributed by atoms with E-state index >= 15 is 0 Å². The molecule has 3 aromatic rings. The molecule has 0 unspecified atom stereocenters. The van der Waals surface area contributed by atoms with Crippen LogP contribution in [0.4, 0.5) is 0 Å². The SMILES string of the molecule is O=C(c1nc2ccccc2c(=O)[nH]1)N1CCN(S(=O)(=O)c2ccccc2)CC1. The molecule has 1 aromatic heterocycles. The summed E-state index contributed by atoms with van der Waals surface area (Å²) >= 11 is 0. The van der Waals surface area contributed by atoms with E-state index in [0.29, 0.717) is 10.9 Å². The average Bonchev–Trinajstić information content (AvgIpc) is 2.74. The van der Waals surface area contributed by atoms with E-state index in [1.165, 1.54) is 9.21 Å². The molecular weight excluding hydrogens is 380 g/mol. The monoisotopic (exact) mass is 398 g/mol. The van der Waals surface area contributed by atoms with Crippen molar-refractivity contribution in [3.63, 3.8) is 0 Å². The zero-order valence-corrected chi connectivity index (χ0v) is 15.7. The van der Waals surface area contributed by atoms with E-state index in [0.717, 1.165) is 0 Å². The van der Waals surface area contributed by atoms with Crippen LogP contribution in [0.2, 0.25) is 0 Å². The Kier molecular flexibility index (Phi) is 4.70. The Hall–Kier alpha value is -3.04. The van der Waals surface area contributed by atoms with E-state index < -0.39 is 15.9 Å². The number of amides is 1. The Bertz CT molecular complexity index is 1180. The zero-order valence-electron chi connectivity index (χ0n) is 14.9. The summed E-state index contributed by atoms with van der Waals surface area (Å²) in [5, 5.41) is 0.415. The van der Waals surface area contributed by atoms with Gasteiger partial charge in [0.2, 0.25) is 10.0 Å². The number of carbonyl (C=O) groups excluding carboxylic acids is 1. The molecule has 1 amide bonds. The molecule has 0 aliphatic carbocycles. The van der Waals surface area contributed by atoms with Crippen LogP contribution in [0.15, 0.2) is 64.3 Å². The van der Waals surface area contributed by atoms with Gasteiger partial charge in [0.25, 0.3) is 11.5 Å². The van der Waals surface area contributed by atoms with Crippen LogP contribution in [0.5, 0.6) is 0 Å². The van der Waals surface area contributed by atoms with E-state index in [9.17, 15) is 18.0 Å². The van der Waals surface area contributed by atoms with Crippen molar-refractivity contribution >= 4 is 26.8 Å². The normalized spacial score (nSPS) is 15.6. The van der Waals surface area contributed by atoms with Crippen molar-refractivity contribution < 1.29 is 13.2 Å². The van der Waals surface area contributed by atoms with Crippen LogP contribution in [0.3, 0.4) is 0 Å². The lowest BCUT2D eigenvalue weighted by Crippen LogP contribution is -2.50. The summed E-state index contributed by atoms with van der Waals surface area (Å²) in [6.07, 6.45) is 0. The molecular formula is C19H18N4O4S. The second kappa shape index (κ2) is 7.17. The molecule has 2 heterocycles. The minimum absolute atomic E-state index is 0.0388. The summed E-state index contributed by atoms with van der Waals surface area (Å²) in [6, 6.07) is 15.0. The maximum absolute atomic E-state index is 12.7. The third-order valence-electron chi connectivity index (χ3n) is 4.72. The second-order valence-corrected chi connectivity index (χ2v) is 8.38. The Morgan fingerprint density at radius 2 is 1.57 bits per heavy atom. The van der Waals surface area contributed by atoms with Gasteiger partial charge in [-0.25, -0.2) is 13.4 Å². The summed E-state index contributed by atoms with van der Waals surface area (Å²) in [7, 11) is -3.59. The fraction of sp³-hybridized carbons (Fsp3) is 0.211. The minimum atomic E-state index is -3.59. The van der Waals surface area contributed by atoms with Gasteiger partial charge in [0.15, 0.2) is 5.82 Å². The molecule has 9 heteroatoms. The van der Waals surface area contributed by atoms with Crippen molar-refractivity contribution in [1.29, 1.82) is 0 Å². The number of benzene rings is 2. The molecule has 8 nitrogen and oxygen atoms in total. The molecule has 1 aliphatic heterocycles. The predicted octanol–water partition coefficient (Wildman–Crippen LogP) is 1.07. The quantitative estimate of drug-likeness (QED) is 0.711. The first-order valence-corrected chi connectivity index (χ1v) is 10.2. The van der Waals surface area contributed by atoms with Gasteiger partial charge in [-0.3, -0.25) is 9.59 Å². The number of para-hydroxylation sites is 1. The molecule has 1 saturated heterocycles. The summed E-state index contributed by atoms with van der Waals surface area (Å²) in [5.74, 6) is -0.456. The number of hydrogen-bond donors (Lipinski definition) is 1. The first-order chi connectivity index (χ1) is 13.5. The fourth-order valence-electron chi connectivity index (χ4n) is 3.21. The van der Waals surface area contributed by atoms with Crippen molar-refractivity contribution in [3.8, 4) is 0 Å². The molecule has 1 N–H and O–H groups in total. The summed E-state index contributed by atoms with van der Waals surface area (Å²) < 4.78 is 26.7. The third-order valence-corrected chi connectivity index (χ3v) is 6.64. The lowest BCUT2D eigenvalue weighted by Gasteiger charge is -2.33. The Morgan fingerprint density at radius 3 is 2.29 bits per heavy atom. The van der Waals surface area contributed by atoms with Gasteiger partial charge in [-0.05, 0) is 24.3 Å². The van der Waals surface area contributed by atoms with Gasteiger partial charge in [-0.2, -0.15) is 4.31 Å². The van der Waals surface area contributed by atoms with Crippen LogP contribution >= 0.6 is 0 Å². The highest BCUT2D eigenvalue weighted by molar-refractivity contribution is 7.89. The summed E-state index contributed by atoms with van der Waals surface area (Å²) in [4.78, 5) is 33.4. The molecule has 28 heavy (non-hydrogen) atoms. The highest BCUT2D eigenvalue weighted by Crippen LogP contribution is 2.18. The van der Waals surface area contributed by atoms with Crippen molar-refractivity contribution in [2.75, 3.05) is 26.2 Å². The number of sulfonamides is 1. The molecule has 0 atom stereocenters. The molecule has 1 fully saturated rings. The lowest BCUT2D eigenvalue weighted by molar-refractivity contribution is 0.0685. The first-order valence-electron chi connectivity index (χ1n) is 8.80. The van der Waals surface area contributed by atoms with Crippen LogP contribution in [0, 0.1) is 0 Å². The Labute approximate surface area is 161 Å². The number of fused-ring (bicyclic) bond motifs is 1. The van der Waals surface area contributed by atoms with E-state index in [1.807, 2.05) is 0 Å². The maximum Gasteiger partial charge on any atom is 0.289 e. The number of hydrogen-bond acceptors (Lipinski definition) is 5. The van der Waals surface area contributed by atoms with Crippen LogP contribution in [0.1, 0.15) is 10.6 Å². The number of H-pyrrole nitrogens is 1. The van der Waals surface area contributed by atoms with Crippen LogP contribution in [0.25, 0.3) is 10.9 Å². The largest absolute Gasteiger partial charge is 0.333 e. The van der Waals surface area contributed by atoms with Gasteiger partial charge >= 0.3 is 0 Å². The van der Waals surface area contributed by atoms with E-state index in [4.69, 9.17) is 0 Å². The minimum Gasteiger partial charge on any atom is -0.333 e. The number of piperazine rings is 1. The Balaban J connectivity index is 1.51. The summed E-state index contributed by atoms with van der Waals surface area (Å²) in [5.41, 5.74) is 0.0686. The van der Waals surface area contributed by atoms with Crippen molar-refractivity contribution in [3.05, 3.63) is 70.8 Å². The second-order valence-electron chi connectivity index (χ2n) is 6.44. The van der Waals surface area contributed by atoms with E-state index in [-0.39, 0.29) is 42.5 Å². The number of aromatic amines is 1. The zero-order chi connectivity index (χ0) is 19.7. The van der Waals surface area contributed by atoms with Gasteiger partial charge in [-0.1, -0.05) is 30.3 Å². The molecule has 0 radical (unpaired) electrons. The standard InChI is InChI=1S/C19H18N4O4S/c24-18-15-8-4-5-9-16(15)20-17(21-18)19(25)22-10-12-23(13-11-22)28(26,27)14-6-2-1-3-7-14/h1-9H,10-13H2,(H,20,21,24). The number of rotatable bonds is 3. The van der Waals surface area contributed by atoms with Crippen LogP contribution in [-0.2, 0) is 10.0 Å². The van der Waals surface area contributed by atoms with Crippen LogP contribution < -0.4 is 5.56 Å². The smallest absolute Gasteiger partial charge is 0.289 e. The summed E-state index contributed by atoms with van der Waals surface area (Å²) in [6.45, 7) is 0.810. The third kappa shape index (κ3) is 3.30. The fourth-order valence-corrected chi connectivity index (χ4v) is 4.65. The number of aromatic nitrogens is 2. The van der Waals surface area contributed by atoms with Gasteiger partial charge in [-0.15, -0.1) is 0 Å². The molecule has 2 aromatic carbocycles. The van der Waals surface area contributed by atoms with Gasteiger partial charge in [0.1, 0.15) is 0 Å². The predicted molar refractivity (Wildman–Crippen MR) is 103 cm³/mol. The molecule has 1 aliphatic rings. The average molecular weight is 398 g/mol. The van der Waals surface area contributed by atoms with Crippen molar-refractivity contribution in [2.45, 2.75) is 4.90 Å². The van der Waals surface area contributed by atoms with Crippen LogP contribution in [-0.4, -0.2) is 59.7 Å². The molecule has 0 saturated carbocycles. The number of nitrogens with one attached hydrogen (secondary N) is 1. The van der Waals surface area contributed by atoms with Gasteiger partial charge < -0.3 is 9.88 Å². The topological polar surface area (TPSA) is 103 Å². The van der Waals surface area contributed by atoms with E-state index in [1.54, 1.807) is 54.6 Å². The number of carbonyl (C=O) groups is 1.